The number of nitrogens with zero attached hydrogens (tertiary/aromatic N) is 4. The maximum atomic E-state index is 12.4. The van der Waals surface area contributed by atoms with Crippen LogP contribution in [-0.2, 0) is 11.2 Å². The van der Waals surface area contributed by atoms with E-state index in [0.717, 1.165) is 24.4 Å². The molecule has 0 unspecified atom stereocenters. The second-order valence-corrected chi connectivity index (χ2v) is 7.61. The molecule has 2 aromatic heterocycles. The molecule has 0 saturated heterocycles. The summed E-state index contributed by atoms with van der Waals surface area (Å²) in [6, 6.07) is 0.698. The van der Waals surface area contributed by atoms with Gasteiger partial charge in [-0.1, -0.05) is 13.8 Å². The molecule has 0 aromatic carbocycles. The maximum Gasteiger partial charge on any atom is 0.273 e. The highest BCUT2D eigenvalue weighted by Gasteiger charge is 2.28. The average molecular weight is 379 g/mol. The van der Waals surface area contributed by atoms with Crippen LogP contribution in [-0.4, -0.2) is 44.4 Å². The number of carbonyl (C=O) groups excluding carboxylic acids is 1. The molecule has 28 heavy (non-hydrogen) atoms. The molecular weight excluding hydrogens is 354 g/mol. The molecule has 1 saturated carbocycles. The normalized spacial score (nSPS) is 18.1. The fraction of sp³-hybridized carbons (Fsp3) is 0.450. The van der Waals surface area contributed by atoms with E-state index in [1.54, 1.807) is 0 Å². The number of hydrogen-bond donors (Lipinski definition) is 3. The summed E-state index contributed by atoms with van der Waals surface area (Å²) in [5.74, 6) is 0.393. The van der Waals surface area contributed by atoms with Crippen molar-refractivity contribution < 1.29 is 4.79 Å². The molecule has 8 heteroatoms. The molecule has 3 heterocycles. The first-order valence-corrected chi connectivity index (χ1v) is 9.73. The monoisotopic (exact) mass is 379 g/mol. The fourth-order valence-electron chi connectivity index (χ4n) is 3.63. The summed E-state index contributed by atoms with van der Waals surface area (Å²) in [7, 11) is 0. The van der Waals surface area contributed by atoms with Gasteiger partial charge in [0.05, 0.1) is 11.8 Å². The van der Waals surface area contributed by atoms with Gasteiger partial charge in [0.1, 0.15) is 5.71 Å². The van der Waals surface area contributed by atoms with Gasteiger partial charge in [0.25, 0.3) is 5.91 Å². The minimum Gasteiger partial charge on any atom is -0.359 e. The van der Waals surface area contributed by atoms with Crippen LogP contribution >= 0.6 is 0 Å². The van der Waals surface area contributed by atoms with Gasteiger partial charge in [-0.25, -0.2) is 10.4 Å². The molecule has 3 N–H and O–H groups in total. The predicted octanol–water partition coefficient (Wildman–Crippen LogP) is 1.84. The third kappa shape index (κ3) is 3.73. The van der Waals surface area contributed by atoms with Gasteiger partial charge < -0.3 is 10.3 Å². The molecule has 0 radical (unpaired) electrons. The van der Waals surface area contributed by atoms with Crippen LogP contribution in [0.25, 0.3) is 6.08 Å². The Morgan fingerprint density at radius 3 is 2.82 bits per heavy atom. The first-order chi connectivity index (χ1) is 13.5. The van der Waals surface area contributed by atoms with Crippen LogP contribution in [0.2, 0.25) is 0 Å². The predicted molar refractivity (Wildman–Crippen MR) is 107 cm³/mol. The second-order valence-electron chi connectivity index (χ2n) is 7.61. The van der Waals surface area contributed by atoms with Gasteiger partial charge in [0.2, 0.25) is 5.82 Å². The van der Waals surface area contributed by atoms with E-state index in [0.29, 0.717) is 29.1 Å². The highest BCUT2D eigenvalue weighted by molar-refractivity contribution is 6.32. The first-order valence-electron chi connectivity index (χ1n) is 9.73. The molecule has 8 nitrogen and oxygen atoms in total. The van der Waals surface area contributed by atoms with E-state index < -0.39 is 0 Å². The first kappa shape index (κ1) is 18.5. The highest BCUT2D eigenvalue weighted by atomic mass is 16.2. The Labute approximate surface area is 163 Å². The lowest BCUT2D eigenvalue weighted by molar-refractivity contribution is -0.116. The number of H-pyrrole nitrogens is 1. The van der Waals surface area contributed by atoms with E-state index in [1.165, 1.54) is 36.4 Å². The van der Waals surface area contributed by atoms with Crippen molar-refractivity contribution in [3.8, 4) is 0 Å². The van der Waals surface area contributed by atoms with Crippen molar-refractivity contribution in [2.75, 3.05) is 6.54 Å². The SMILES string of the molecule is Cc1[nH]c(C=C2C(=O)NN=C2c2nccnn2)c(C(C)C)c1CCNC1CC1. The standard InChI is InChI=1S/C20H25N7O/c1-11(2)17-14(6-7-21-13-4-5-13)12(3)24-16(17)10-15-18(25-27-20(15)28)19-22-8-9-23-26-19/h8-11,13,21,24H,4-7H2,1-3H3,(H,27,28). The largest absolute Gasteiger partial charge is 0.359 e. The van der Waals surface area contributed by atoms with Crippen molar-refractivity contribution in [3.05, 3.63) is 46.3 Å². The second kappa shape index (κ2) is 7.63. The number of carbonyl (C=O) groups is 1. The van der Waals surface area contributed by atoms with Gasteiger partial charge in [-0.05, 0) is 55.9 Å². The Bertz CT molecular complexity index is 939. The molecule has 146 valence electrons. The average Bonchev–Trinajstić information content (AvgIpc) is 3.36. The van der Waals surface area contributed by atoms with Crippen LogP contribution in [0.1, 0.15) is 60.9 Å². The van der Waals surface area contributed by atoms with Crippen molar-refractivity contribution in [1.29, 1.82) is 0 Å². The number of hydrogen-bond acceptors (Lipinski definition) is 6. The number of amides is 1. The summed E-state index contributed by atoms with van der Waals surface area (Å²) in [6.07, 6.45) is 8.42. The van der Waals surface area contributed by atoms with Crippen LogP contribution < -0.4 is 10.7 Å². The molecule has 2 aliphatic rings. The Kier molecular flexibility index (Phi) is 5.04. The number of hydrazone groups is 1. The summed E-state index contributed by atoms with van der Waals surface area (Å²) >= 11 is 0. The summed E-state index contributed by atoms with van der Waals surface area (Å²) < 4.78 is 0. The van der Waals surface area contributed by atoms with Crippen molar-refractivity contribution in [2.24, 2.45) is 5.10 Å². The topological polar surface area (TPSA) is 108 Å². The van der Waals surface area contributed by atoms with Crippen molar-refractivity contribution in [3.63, 3.8) is 0 Å². The van der Waals surface area contributed by atoms with Crippen LogP contribution in [0.5, 0.6) is 0 Å². The van der Waals surface area contributed by atoms with Crippen molar-refractivity contribution in [2.45, 2.75) is 52.0 Å². The van der Waals surface area contributed by atoms with E-state index in [2.05, 4.69) is 56.8 Å². The summed E-state index contributed by atoms with van der Waals surface area (Å²) in [4.78, 5) is 20.0. The van der Waals surface area contributed by atoms with Crippen LogP contribution in [0.3, 0.4) is 0 Å². The zero-order valence-corrected chi connectivity index (χ0v) is 16.4. The highest BCUT2D eigenvalue weighted by Crippen LogP contribution is 2.30. The van der Waals surface area contributed by atoms with Gasteiger partial charge in [-0.15, -0.1) is 5.10 Å². The molecule has 1 fully saturated rings. The number of nitrogens with one attached hydrogen (secondary N) is 3. The van der Waals surface area contributed by atoms with Crippen LogP contribution in [0.4, 0.5) is 0 Å². The van der Waals surface area contributed by atoms with Gasteiger partial charge in [-0.3, -0.25) is 4.79 Å². The summed E-state index contributed by atoms with van der Waals surface area (Å²) in [6.45, 7) is 7.41. The zero-order valence-electron chi connectivity index (χ0n) is 16.4. The zero-order chi connectivity index (χ0) is 19.7. The van der Waals surface area contributed by atoms with Gasteiger partial charge >= 0.3 is 0 Å². The lowest BCUT2D eigenvalue weighted by Gasteiger charge is -2.11. The third-order valence-corrected chi connectivity index (χ3v) is 5.10. The van der Waals surface area contributed by atoms with Crippen molar-refractivity contribution >= 4 is 17.7 Å². The number of rotatable bonds is 7. The number of aromatic amines is 1. The molecule has 1 aliphatic carbocycles. The Hall–Kier alpha value is -2.87. The van der Waals surface area contributed by atoms with E-state index in [4.69, 9.17) is 0 Å². The van der Waals surface area contributed by atoms with E-state index >= 15 is 0 Å². The maximum absolute atomic E-state index is 12.4. The van der Waals surface area contributed by atoms with Crippen LogP contribution in [0.15, 0.2) is 23.1 Å². The molecule has 0 bridgehead atoms. The molecule has 0 spiro atoms. The van der Waals surface area contributed by atoms with Gasteiger partial charge in [-0.2, -0.15) is 10.2 Å². The smallest absolute Gasteiger partial charge is 0.273 e. The minimum absolute atomic E-state index is 0.263. The Balaban J connectivity index is 1.67. The van der Waals surface area contributed by atoms with Crippen LogP contribution in [0, 0.1) is 6.92 Å². The molecule has 1 aliphatic heterocycles. The Morgan fingerprint density at radius 1 is 1.32 bits per heavy atom. The van der Waals surface area contributed by atoms with E-state index in [9.17, 15) is 4.79 Å². The number of aromatic nitrogens is 4. The lowest BCUT2D eigenvalue weighted by Crippen LogP contribution is -2.20. The summed E-state index contributed by atoms with van der Waals surface area (Å²) in [5, 5.41) is 15.5. The van der Waals surface area contributed by atoms with E-state index in [-0.39, 0.29) is 5.91 Å². The third-order valence-electron chi connectivity index (χ3n) is 5.10. The van der Waals surface area contributed by atoms with Gasteiger partial charge in [0.15, 0.2) is 0 Å². The minimum atomic E-state index is -0.263. The van der Waals surface area contributed by atoms with Crippen molar-refractivity contribution in [1.82, 2.24) is 30.9 Å². The Morgan fingerprint density at radius 2 is 2.14 bits per heavy atom. The summed E-state index contributed by atoms with van der Waals surface area (Å²) in [5.41, 5.74) is 8.02. The fourth-order valence-corrected chi connectivity index (χ4v) is 3.63. The molecule has 0 atom stereocenters. The molecule has 1 amide bonds. The quantitative estimate of drug-likeness (QED) is 0.636. The molecule has 2 aromatic rings. The lowest BCUT2D eigenvalue weighted by atomic mass is 9.94. The molecule has 4 rings (SSSR count). The van der Waals surface area contributed by atoms with E-state index in [1.807, 2.05) is 6.08 Å². The van der Waals surface area contributed by atoms with Gasteiger partial charge in [0, 0.05) is 23.6 Å². The number of aryl methyl sites for hydroxylation is 1. The molecular formula is C20H25N7O.